The molecule has 14 heavy (non-hydrogen) atoms. The van der Waals surface area contributed by atoms with Crippen LogP contribution in [0.3, 0.4) is 0 Å². The highest BCUT2D eigenvalue weighted by Gasteiger charge is 2.01. The molecule has 0 atom stereocenters. The van der Waals surface area contributed by atoms with Crippen molar-refractivity contribution in [2.75, 3.05) is 0 Å². The van der Waals surface area contributed by atoms with Crippen molar-refractivity contribution in [2.24, 2.45) is 0 Å². The fourth-order valence-electron chi connectivity index (χ4n) is 1.53. The Morgan fingerprint density at radius 2 is 1.86 bits per heavy atom. The molecule has 0 spiro atoms. The zero-order valence-electron chi connectivity index (χ0n) is 7.82. The largest absolute Gasteiger partial charge is 0.504 e. The maximum Gasteiger partial charge on any atom is 0.221 e. The summed E-state index contributed by atoms with van der Waals surface area (Å²) in [6.45, 7) is 1.84. The molecular weight excluding hydrogens is 176 g/mol. The van der Waals surface area contributed by atoms with Crippen molar-refractivity contribution in [3.63, 3.8) is 0 Å². The molecule has 0 bridgehead atoms. The van der Waals surface area contributed by atoms with Gasteiger partial charge in [-0.25, -0.2) is 0 Å². The fraction of sp³-hybridized carbons (Fsp3) is 0.0833. The molecule has 2 heteroatoms. The molecule has 0 heterocycles. The molecule has 2 nitrogen and oxygen atoms in total. The van der Waals surface area contributed by atoms with E-state index >= 15 is 0 Å². The van der Waals surface area contributed by atoms with Gasteiger partial charge in [0.15, 0.2) is 5.75 Å². The molecule has 0 saturated carbocycles. The van der Waals surface area contributed by atoms with E-state index < -0.39 is 0 Å². The number of fused-ring (bicyclic) bond motifs is 1. The molecule has 0 unspecified atom stereocenters. The minimum atomic E-state index is -0.330. The van der Waals surface area contributed by atoms with Gasteiger partial charge in [0.05, 0.1) is 0 Å². The summed E-state index contributed by atoms with van der Waals surface area (Å²) in [6, 6.07) is 10.6. The summed E-state index contributed by atoms with van der Waals surface area (Å²) < 4.78 is 0. The zero-order chi connectivity index (χ0) is 10.1. The van der Waals surface area contributed by atoms with Gasteiger partial charge in [-0.2, -0.15) is 0 Å². The molecule has 2 aromatic rings. The maximum atomic E-state index is 11.4. The number of hydrogen-bond acceptors (Lipinski definition) is 2. The third-order valence-electron chi connectivity index (χ3n) is 2.19. The highest BCUT2D eigenvalue weighted by Crippen LogP contribution is 2.19. The average Bonchev–Trinajstić information content (AvgIpc) is 2.26. The predicted octanol–water partition coefficient (Wildman–Crippen LogP) is 2.21. The summed E-state index contributed by atoms with van der Waals surface area (Å²) in [7, 11) is 0. The summed E-state index contributed by atoms with van der Waals surface area (Å²) in [5.74, 6) is -0.172. The van der Waals surface area contributed by atoms with Gasteiger partial charge in [-0.05, 0) is 23.9 Å². The van der Waals surface area contributed by atoms with Crippen LogP contribution in [-0.2, 0) is 0 Å². The first-order chi connectivity index (χ1) is 6.68. The summed E-state index contributed by atoms with van der Waals surface area (Å²) >= 11 is 0. The highest BCUT2D eigenvalue weighted by molar-refractivity contribution is 5.87. The third kappa shape index (κ3) is 1.35. The molecule has 0 fully saturated rings. The fourth-order valence-corrected chi connectivity index (χ4v) is 1.53. The Hall–Kier alpha value is -1.83. The maximum absolute atomic E-state index is 11.4. The van der Waals surface area contributed by atoms with Crippen LogP contribution >= 0.6 is 0 Å². The van der Waals surface area contributed by atoms with Gasteiger partial charge < -0.3 is 5.11 Å². The lowest BCUT2D eigenvalue weighted by molar-refractivity contribution is 0.477. The lowest BCUT2D eigenvalue weighted by Crippen LogP contribution is -1.93. The number of benzene rings is 1. The van der Waals surface area contributed by atoms with Crippen LogP contribution in [0.25, 0.3) is 10.8 Å². The molecule has 0 aromatic heterocycles. The minimum Gasteiger partial charge on any atom is -0.504 e. The van der Waals surface area contributed by atoms with Crippen molar-refractivity contribution in [1.82, 2.24) is 0 Å². The summed E-state index contributed by atoms with van der Waals surface area (Å²) in [5.41, 5.74) is 0.523. The monoisotopic (exact) mass is 186 g/mol. The van der Waals surface area contributed by atoms with Gasteiger partial charge in [-0.15, -0.1) is 0 Å². The van der Waals surface area contributed by atoms with Gasteiger partial charge in [0.2, 0.25) is 5.43 Å². The number of aryl methyl sites for hydroxylation is 1. The molecule has 0 aliphatic carbocycles. The third-order valence-corrected chi connectivity index (χ3v) is 2.19. The van der Waals surface area contributed by atoms with E-state index in [1.807, 2.05) is 25.1 Å². The topological polar surface area (TPSA) is 37.3 Å². The Morgan fingerprint density at radius 3 is 2.64 bits per heavy atom. The predicted molar refractivity (Wildman–Crippen MR) is 56.6 cm³/mol. The van der Waals surface area contributed by atoms with Crippen LogP contribution in [0, 0.1) is 6.92 Å². The quantitative estimate of drug-likeness (QED) is 0.684. The molecule has 0 aliphatic rings. The van der Waals surface area contributed by atoms with Crippen LogP contribution in [0.2, 0.25) is 0 Å². The van der Waals surface area contributed by atoms with Crippen molar-refractivity contribution in [1.29, 1.82) is 0 Å². The van der Waals surface area contributed by atoms with Crippen LogP contribution in [0.15, 0.2) is 41.2 Å². The Bertz CT molecular complexity index is 544. The molecule has 1 N–H and O–H groups in total. The van der Waals surface area contributed by atoms with Crippen LogP contribution in [0.4, 0.5) is 0 Å². The van der Waals surface area contributed by atoms with Crippen LogP contribution in [-0.4, -0.2) is 5.11 Å². The van der Waals surface area contributed by atoms with E-state index in [4.69, 9.17) is 0 Å². The highest BCUT2D eigenvalue weighted by atomic mass is 16.3. The first kappa shape index (κ1) is 8.75. The van der Waals surface area contributed by atoms with E-state index in [1.165, 1.54) is 6.07 Å². The van der Waals surface area contributed by atoms with Crippen LogP contribution in [0.1, 0.15) is 5.56 Å². The number of aromatic hydroxyl groups is 1. The SMILES string of the molecule is Cc1cc(=O)c(O)c2ccccc2c1. The molecule has 0 amide bonds. The van der Waals surface area contributed by atoms with Gasteiger partial charge in [0, 0.05) is 5.39 Å². The molecule has 70 valence electrons. The van der Waals surface area contributed by atoms with E-state index in [-0.39, 0.29) is 11.2 Å². The van der Waals surface area contributed by atoms with Gasteiger partial charge in [-0.1, -0.05) is 30.3 Å². The standard InChI is InChI=1S/C12H10O2/c1-8-6-9-4-2-3-5-10(9)12(14)11(13)7-8/h2-7H,1H3,(H,13,14). The molecule has 0 aliphatic heterocycles. The Kier molecular flexibility index (Phi) is 1.97. The molecule has 2 aromatic carbocycles. The first-order valence-electron chi connectivity index (χ1n) is 4.41. The lowest BCUT2D eigenvalue weighted by atomic mass is 10.1. The van der Waals surface area contributed by atoms with E-state index in [2.05, 4.69) is 0 Å². The van der Waals surface area contributed by atoms with Gasteiger partial charge in [0.25, 0.3) is 0 Å². The number of rotatable bonds is 0. The van der Waals surface area contributed by atoms with Gasteiger partial charge in [0.1, 0.15) is 0 Å². The summed E-state index contributed by atoms with van der Waals surface area (Å²) in [6.07, 6.45) is 0. The van der Waals surface area contributed by atoms with E-state index in [0.717, 1.165) is 10.9 Å². The minimum absolute atomic E-state index is 0.172. The normalized spacial score (nSPS) is 10.4. The van der Waals surface area contributed by atoms with Gasteiger partial charge in [-0.3, -0.25) is 4.79 Å². The molecule has 2 rings (SSSR count). The van der Waals surface area contributed by atoms with E-state index in [0.29, 0.717) is 5.39 Å². The molecular formula is C12H10O2. The summed E-state index contributed by atoms with van der Waals surface area (Å²) in [4.78, 5) is 11.4. The first-order valence-corrected chi connectivity index (χ1v) is 4.41. The van der Waals surface area contributed by atoms with Crippen molar-refractivity contribution < 1.29 is 5.11 Å². The van der Waals surface area contributed by atoms with Crippen LogP contribution in [0.5, 0.6) is 5.75 Å². The van der Waals surface area contributed by atoms with Crippen molar-refractivity contribution in [3.05, 3.63) is 52.2 Å². The molecule has 0 radical (unpaired) electrons. The van der Waals surface area contributed by atoms with Crippen molar-refractivity contribution >= 4 is 10.8 Å². The van der Waals surface area contributed by atoms with Crippen molar-refractivity contribution in [2.45, 2.75) is 6.92 Å². The van der Waals surface area contributed by atoms with Crippen molar-refractivity contribution in [3.8, 4) is 5.75 Å². The second kappa shape index (κ2) is 3.14. The molecule has 0 saturated heterocycles. The smallest absolute Gasteiger partial charge is 0.221 e. The second-order valence-corrected chi connectivity index (χ2v) is 3.33. The number of hydrogen-bond donors (Lipinski definition) is 1. The van der Waals surface area contributed by atoms with E-state index in [1.54, 1.807) is 12.1 Å². The van der Waals surface area contributed by atoms with Crippen LogP contribution < -0.4 is 5.43 Å². The Morgan fingerprint density at radius 1 is 1.14 bits per heavy atom. The Balaban J connectivity index is 3.07. The zero-order valence-corrected chi connectivity index (χ0v) is 7.82. The summed E-state index contributed by atoms with van der Waals surface area (Å²) in [5, 5.41) is 11.1. The second-order valence-electron chi connectivity index (χ2n) is 3.33. The van der Waals surface area contributed by atoms with Gasteiger partial charge >= 0.3 is 0 Å². The Labute approximate surface area is 81.4 Å². The lowest BCUT2D eigenvalue weighted by Gasteiger charge is -1.92. The average molecular weight is 186 g/mol. The van der Waals surface area contributed by atoms with E-state index in [9.17, 15) is 9.90 Å².